The van der Waals surface area contributed by atoms with Crippen molar-refractivity contribution in [3.8, 4) is 0 Å². The molecular weight excluding hydrogens is 148 g/mol. The van der Waals surface area contributed by atoms with Gasteiger partial charge in [-0.25, -0.2) is 0 Å². The molecule has 66 valence electrons. The summed E-state index contributed by atoms with van der Waals surface area (Å²) in [6.07, 6.45) is 0.830. The maximum atomic E-state index is 8.77. The Kier molecular flexibility index (Phi) is 3.79. The number of hydrogen-bond donors (Lipinski definition) is 2. The van der Waals surface area contributed by atoms with Gasteiger partial charge in [0.1, 0.15) is 0 Å². The molecule has 1 aliphatic rings. The quantitative estimate of drug-likeness (QED) is 0.499. The normalized spacial score (nSPS) is 25.1. The summed E-state index contributed by atoms with van der Waals surface area (Å²) in [5, 5.41) is 17.2. The molecule has 1 rings (SSSR count). The lowest BCUT2D eigenvalue weighted by Crippen LogP contribution is -2.21. The maximum Gasteiger partial charge on any atom is 0.0835 e. The molecule has 1 fully saturated rings. The van der Waals surface area contributed by atoms with Crippen LogP contribution < -0.4 is 0 Å². The van der Waals surface area contributed by atoms with Crippen LogP contribution in [0.1, 0.15) is 6.42 Å². The van der Waals surface area contributed by atoms with Gasteiger partial charge < -0.3 is 19.7 Å². The Hall–Kier alpha value is -0.160. The Labute approximate surface area is 65.7 Å². The van der Waals surface area contributed by atoms with E-state index >= 15 is 0 Å². The summed E-state index contributed by atoms with van der Waals surface area (Å²) in [5.74, 6) is 0. The molecule has 0 amide bonds. The van der Waals surface area contributed by atoms with Crippen molar-refractivity contribution in [1.29, 1.82) is 0 Å². The molecule has 2 unspecified atom stereocenters. The van der Waals surface area contributed by atoms with Gasteiger partial charge in [0.2, 0.25) is 0 Å². The Bertz CT molecular complexity index is 103. The highest BCUT2D eigenvalue weighted by molar-refractivity contribution is 4.73. The summed E-state index contributed by atoms with van der Waals surface area (Å²) in [6, 6.07) is 0. The summed E-state index contributed by atoms with van der Waals surface area (Å²) in [4.78, 5) is 0. The number of aliphatic hydroxyl groups is 2. The molecule has 4 heteroatoms. The second-order valence-corrected chi connectivity index (χ2v) is 2.59. The fourth-order valence-electron chi connectivity index (χ4n) is 0.912. The van der Waals surface area contributed by atoms with E-state index in [1.807, 2.05) is 0 Å². The molecule has 0 aliphatic carbocycles. The first-order valence-corrected chi connectivity index (χ1v) is 3.81. The van der Waals surface area contributed by atoms with Gasteiger partial charge in [-0.05, 0) is 0 Å². The van der Waals surface area contributed by atoms with Gasteiger partial charge in [0.25, 0.3) is 0 Å². The lowest BCUT2D eigenvalue weighted by Gasteiger charge is -2.12. The maximum absolute atomic E-state index is 8.77. The van der Waals surface area contributed by atoms with Crippen molar-refractivity contribution in [2.24, 2.45) is 0 Å². The zero-order chi connectivity index (χ0) is 8.10. The van der Waals surface area contributed by atoms with Gasteiger partial charge in [-0.15, -0.1) is 0 Å². The highest BCUT2D eigenvalue weighted by atomic mass is 16.6. The van der Waals surface area contributed by atoms with E-state index in [9.17, 15) is 0 Å². The van der Waals surface area contributed by atoms with Crippen molar-refractivity contribution in [3.05, 3.63) is 0 Å². The van der Waals surface area contributed by atoms with E-state index < -0.39 is 0 Å². The smallest absolute Gasteiger partial charge is 0.0835 e. The average Bonchev–Trinajstić information content (AvgIpc) is 2.81. The van der Waals surface area contributed by atoms with E-state index in [4.69, 9.17) is 19.7 Å². The monoisotopic (exact) mass is 162 g/mol. The number of epoxide rings is 1. The SMILES string of the molecule is OCCOC(CO)CC1CO1. The van der Waals surface area contributed by atoms with Gasteiger partial charge in [0, 0.05) is 6.42 Å². The lowest BCUT2D eigenvalue weighted by atomic mass is 10.2. The van der Waals surface area contributed by atoms with Crippen molar-refractivity contribution >= 4 is 0 Å². The van der Waals surface area contributed by atoms with Crippen LogP contribution in [-0.4, -0.2) is 48.8 Å². The Morgan fingerprint density at radius 3 is 2.73 bits per heavy atom. The minimum absolute atomic E-state index is 0.000139. The van der Waals surface area contributed by atoms with Crippen molar-refractivity contribution in [2.45, 2.75) is 18.6 Å². The first kappa shape index (κ1) is 8.93. The van der Waals surface area contributed by atoms with Crippen LogP contribution in [0.15, 0.2) is 0 Å². The van der Waals surface area contributed by atoms with Gasteiger partial charge in [-0.2, -0.15) is 0 Å². The van der Waals surface area contributed by atoms with Gasteiger partial charge in [0.15, 0.2) is 0 Å². The Morgan fingerprint density at radius 2 is 2.27 bits per heavy atom. The second-order valence-electron chi connectivity index (χ2n) is 2.59. The van der Waals surface area contributed by atoms with Crippen LogP contribution in [0.2, 0.25) is 0 Å². The molecule has 11 heavy (non-hydrogen) atoms. The molecule has 0 spiro atoms. The average molecular weight is 162 g/mol. The fraction of sp³-hybridized carbons (Fsp3) is 1.00. The number of hydrogen-bond acceptors (Lipinski definition) is 4. The molecule has 1 aliphatic heterocycles. The van der Waals surface area contributed by atoms with Gasteiger partial charge in [-0.3, -0.25) is 0 Å². The van der Waals surface area contributed by atoms with Crippen molar-refractivity contribution in [2.75, 3.05) is 26.4 Å². The largest absolute Gasteiger partial charge is 0.394 e. The summed E-state index contributed by atoms with van der Waals surface area (Å²) < 4.78 is 10.1. The molecular formula is C7H14O4. The first-order valence-electron chi connectivity index (χ1n) is 3.81. The fourth-order valence-corrected chi connectivity index (χ4v) is 0.912. The van der Waals surface area contributed by atoms with Gasteiger partial charge in [-0.1, -0.05) is 0 Å². The predicted octanol–water partition coefficient (Wildman–Crippen LogP) is -0.855. The molecule has 0 aromatic rings. The summed E-state index contributed by atoms with van der Waals surface area (Å²) in [5.41, 5.74) is 0. The van der Waals surface area contributed by atoms with E-state index in [0.717, 1.165) is 13.0 Å². The molecule has 0 radical (unpaired) electrons. The van der Waals surface area contributed by atoms with Gasteiger partial charge >= 0.3 is 0 Å². The van der Waals surface area contributed by atoms with Crippen LogP contribution in [0.4, 0.5) is 0 Å². The van der Waals surface area contributed by atoms with E-state index in [1.54, 1.807) is 0 Å². The molecule has 2 N–H and O–H groups in total. The van der Waals surface area contributed by atoms with Crippen molar-refractivity contribution in [1.82, 2.24) is 0 Å². The summed E-state index contributed by atoms with van der Waals surface area (Å²) in [7, 11) is 0. The zero-order valence-corrected chi connectivity index (χ0v) is 6.40. The number of ether oxygens (including phenoxy) is 2. The van der Waals surface area contributed by atoms with Gasteiger partial charge in [0.05, 0.1) is 38.6 Å². The molecule has 0 saturated carbocycles. The second kappa shape index (κ2) is 4.66. The van der Waals surface area contributed by atoms with E-state index in [0.29, 0.717) is 0 Å². The predicted molar refractivity (Wildman–Crippen MR) is 38.3 cm³/mol. The van der Waals surface area contributed by atoms with Crippen LogP contribution in [0.5, 0.6) is 0 Å². The van der Waals surface area contributed by atoms with Crippen molar-refractivity contribution in [3.63, 3.8) is 0 Å². The standard InChI is InChI=1S/C7H14O4/c8-1-2-10-6(4-9)3-7-5-11-7/h6-9H,1-5H2. The third-order valence-electron chi connectivity index (χ3n) is 1.58. The highest BCUT2D eigenvalue weighted by Gasteiger charge is 2.26. The molecule has 0 bridgehead atoms. The van der Waals surface area contributed by atoms with E-state index in [-0.39, 0.29) is 32.0 Å². The minimum Gasteiger partial charge on any atom is -0.394 e. The van der Waals surface area contributed by atoms with Crippen LogP contribution in [0, 0.1) is 0 Å². The Morgan fingerprint density at radius 1 is 1.55 bits per heavy atom. The molecule has 0 aromatic carbocycles. The summed E-state index contributed by atoms with van der Waals surface area (Å²) >= 11 is 0. The molecule has 2 atom stereocenters. The molecule has 0 aromatic heterocycles. The topological polar surface area (TPSA) is 62.2 Å². The molecule has 4 nitrogen and oxygen atoms in total. The first-order chi connectivity index (χ1) is 5.36. The Balaban J connectivity index is 2.02. The highest BCUT2D eigenvalue weighted by Crippen LogP contribution is 2.16. The van der Waals surface area contributed by atoms with Crippen molar-refractivity contribution < 1.29 is 19.7 Å². The number of rotatable bonds is 6. The minimum atomic E-state index is -0.172. The van der Waals surface area contributed by atoms with E-state index in [1.165, 1.54) is 0 Å². The van der Waals surface area contributed by atoms with Crippen LogP contribution in [0.25, 0.3) is 0 Å². The number of aliphatic hydroxyl groups excluding tert-OH is 2. The third-order valence-corrected chi connectivity index (χ3v) is 1.58. The third kappa shape index (κ3) is 3.67. The van der Waals surface area contributed by atoms with Crippen LogP contribution in [-0.2, 0) is 9.47 Å². The zero-order valence-electron chi connectivity index (χ0n) is 6.40. The van der Waals surface area contributed by atoms with Crippen LogP contribution >= 0.6 is 0 Å². The summed E-state index contributed by atoms with van der Waals surface area (Å²) in [6.45, 7) is 1.07. The van der Waals surface area contributed by atoms with Crippen LogP contribution in [0.3, 0.4) is 0 Å². The lowest BCUT2D eigenvalue weighted by molar-refractivity contribution is -0.0109. The van der Waals surface area contributed by atoms with E-state index in [2.05, 4.69) is 0 Å². The molecule has 1 saturated heterocycles. The molecule has 1 heterocycles.